The van der Waals surface area contributed by atoms with Gasteiger partial charge in [0.15, 0.2) is 6.10 Å². The molecule has 0 aliphatic carbocycles. The van der Waals surface area contributed by atoms with E-state index in [9.17, 15) is 14.7 Å². The van der Waals surface area contributed by atoms with Gasteiger partial charge in [0.25, 0.3) is 0 Å². The number of carboxylic acids is 1. The van der Waals surface area contributed by atoms with Crippen molar-refractivity contribution in [3.63, 3.8) is 0 Å². The van der Waals surface area contributed by atoms with Crippen LogP contribution in [0.25, 0.3) is 0 Å². The Morgan fingerprint density at radius 3 is 2.45 bits per heavy atom. The van der Waals surface area contributed by atoms with E-state index in [1.807, 2.05) is 39.0 Å². The summed E-state index contributed by atoms with van der Waals surface area (Å²) < 4.78 is 0. The number of aliphatic hydroxyl groups excluding tert-OH is 1. The molecule has 0 aromatic heterocycles. The number of aliphatic hydroxyl groups is 1. The number of rotatable bonds is 8. The van der Waals surface area contributed by atoms with Crippen LogP contribution < -0.4 is 5.32 Å². The normalized spacial score (nSPS) is 20.5. The van der Waals surface area contributed by atoms with E-state index in [0.29, 0.717) is 5.02 Å². The van der Waals surface area contributed by atoms with Gasteiger partial charge >= 0.3 is 12.0 Å². The van der Waals surface area contributed by atoms with Crippen molar-refractivity contribution in [2.75, 3.05) is 6.54 Å². The molecule has 2 rings (SSSR count). The Morgan fingerprint density at radius 1 is 1.29 bits per heavy atom. The van der Waals surface area contributed by atoms with Crippen molar-refractivity contribution in [1.29, 1.82) is 0 Å². The molecule has 172 valence electrons. The number of hydrogen-bond donors (Lipinski definition) is 3. The Balaban J connectivity index is 2.32. The molecule has 31 heavy (non-hydrogen) atoms. The van der Waals surface area contributed by atoms with Crippen LogP contribution in [0.4, 0.5) is 4.79 Å². The van der Waals surface area contributed by atoms with E-state index in [0.717, 1.165) is 29.5 Å². The molecule has 1 heterocycles. The van der Waals surface area contributed by atoms with Crippen LogP contribution in [-0.2, 0) is 16.8 Å². The average Bonchev–Trinajstić information content (AvgIpc) is 2.64. The Morgan fingerprint density at radius 2 is 1.94 bits per heavy atom. The van der Waals surface area contributed by atoms with Crippen LogP contribution in [0.5, 0.6) is 0 Å². The summed E-state index contributed by atoms with van der Waals surface area (Å²) in [6, 6.07) is 5.65. The number of nitrogens with one attached hydrogen (secondary N) is 1. The zero-order chi connectivity index (χ0) is 23.6. The first-order valence-electron chi connectivity index (χ1n) is 10.8. The van der Waals surface area contributed by atoms with Gasteiger partial charge in [0.05, 0.1) is 5.54 Å². The van der Waals surface area contributed by atoms with Crippen molar-refractivity contribution in [2.45, 2.75) is 72.4 Å². The third-order valence-corrected chi connectivity index (χ3v) is 6.17. The van der Waals surface area contributed by atoms with Crippen molar-refractivity contribution in [3.8, 4) is 0 Å². The zero-order valence-electron chi connectivity index (χ0n) is 19.3. The van der Waals surface area contributed by atoms with Gasteiger partial charge in [0.1, 0.15) is 0 Å². The van der Waals surface area contributed by atoms with Crippen molar-refractivity contribution < 1.29 is 19.8 Å². The number of amides is 2. The summed E-state index contributed by atoms with van der Waals surface area (Å²) in [5, 5.41) is 22.2. The lowest BCUT2D eigenvalue weighted by atomic mass is 9.78. The highest BCUT2D eigenvalue weighted by Crippen LogP contribution is 2.38. The largest absolute Gasteiger partial charge is 0.479 e. The second-order valence-electron chi connectivity index (χ2n) is 10.00. The molecule has 1 aromatic carbocycles. The van der Waals surface area contributed by atoms with Crippen molar-refractivity contribution in [2.24, 2.45) is 11.3 Å². The molecule has 2 amide bonds. The second kappa shape index (κ2) is 9.61. The van der Waals surface area contributed by atoms with Crippen molar-refractivity contribution in [3.05, 3.63) is 46.1 Å². The Labute approximate surface area is 190 Å². The quantitative estimate of drug-likeness (QED) is 0.523. The average molecular weight is 451 g/mol. The summed E-state index contributed by atoms with van der Waals surface area (Å²) in [5.74, 6) is -1.17. The van der Waals surface area contributed by atoms with Crippen molar-refractivity contribution in [1.82, 2.24) is 10.2 Å². The number of nitrogens with zero attached hydrogens (tertiary/aromatic N) is 1. The zero-order valence-corrected chi connectivity index (χ0v) is 20.1. The number of halogens is 1. The maximum Gasteiger partial charge on any atom is 0.332 e. The standard InChI is InChI=1S/C24H35ClN2O4/c1-15(2)18-14-27(12-10-20(28)21(29)30)22(31)26-24(18,6)17-8-7-16(19(25)13-17)9-11-23(3,4)5/h7-8,13-15,20,28H,9-12H2,1-6H3,(H,26,31)(H,29,30)/t20-,24-/m1/s1. The number of carbonyl (C=O) groups excluding carboxylic acids is 1. The Kier molecular flexibility index (Phi) is 7.82. The van der Waals surface area contributed by atoms with Crippen LogP contribution in [0.2, 0.25) is 5.02 Å². The van der Waals surface area contributed by atoms with Gasteiger partial charge in [0, 0.05) is 24.2 Å². The summed E-state index contributed by atoms with van der Waals surface area (Å²) in [7, 11) is 0. The third-order valence-electron chi connectivity index (χ3n) is 5.82. The lowest BCUT2D eigenvalue weighted by molar-refractivity contribution is -0.147. The maximum absolute atomic E-state index is 12.8. The van der Waals surface area contributed by atoms with Gasteiger partial charge in [-0.3, -0.25) is 0 Å². The van der Waals surface area contributed by atoms with Crippen LogP contribution in [0.3, 0.4) is 0 Å². The van der Waals surface area contributed by atoms with E-state index in [1.165, 1.54) is 4.90 Å². The molecular weight excluding hydrogens is 416 g/mol. The smallest absolute Gasteiger partial charge is 0.332 e. The minimum absolute atomic E-state index is 0.0460. The highest BCUT2D eigenvalue weighted by molar-refractivity contribution is 6.31. The van der Waals surface area contributed by atoms with E-state index in [1.54, 1.807) is 6.20 Å². The van der Waals surface area contributed by atoms with Crippen LogP contribution in [-0.4, -0.2) is 39.8 Å². The number of benzene rings is 1. The molecule has 1 aromatic rings. The number of hydrogen-bond acceptors (Lipinski definition) is 3. The first-order chi connectivity index (χ1) is 14.2. The topological polar surface area (TPSA) is 89.9 Å². The van der Waals surface area contributed by atoms with Gasteiger partial charge in [0.2, 0.25) is 0 Å². The first-order valence-corrected chi connectivity index (χ1v) is 11.1. The first kappa shape index (κ1) is 25.2. The lowest BCUT2D eigenvalue weighted by Crippen LogP contribution is -2.55. The summed E-state index contributed by atoms with van der Waals surface area (Å²) in [5.41, 5.74) is 2.45. The highest BCUT2D eigenvalue weighted by atomic mass is 35.5. The fraction of sp³-hybridized carbons (Fsp3) is 0.583. The third kappa shape index (κ3) is 6.23. The molecule has 0 saturated carbocycles. The summed E-state index contributed by atoms with van der Waals surface area (Å²) in [4.78, 5) is 25.1. The molecule has 0 spiro atoms. The van der Waals surface area contributed by atoms with Crippen LogP contribution in [0.1, 0.15) is 65.5 Å². The van der Waals surface area contributed by atoms with E-state index >= 15 is 0 Å². The molecule has 1 aliphatic rings. The molecule has 3 N–H and O–H groups in total. The minimum Gasteiger partial charge on any atom is -0.479 e. The van der Waals surface area contributed by atoms with Crippen molar-refractivity contribution >= 4 is 23.6 Å². The number of carbonyl (C=O) groups is 2. The molecule has 2 atom stereocenters. The van der Waals surface area contributed by atoms with E-state index < -0.39 is 17.6 Å². The van der Waals surface area contributed by atoms with Gasteiger partial charge in [-0.15, -0.1) is 0 Å². The summed E-state index contributed by atoms with van der Waals surface area (Å²) in [6.45, 7) is 12.8. The molecule has 0 saturated heterocycles. The monoisotopic (exact) mass is 450 g/mol. The molecule has 7 heteroatoms. The molecule has 0 unspecified atom stereocenters. The fourth-order valence-corrected chi connectivity index (χ4v) is 4.08. The number of aryl methyl sites for hydroxylation is 1. The SMILES string of the molecule is CC(C)C1=CN(CC[C@@H](O)C(=O)O)C(=O)N[C@]1(C)c1ccc(CCC(C)(C)C)c(Cl)c1. The molecule has 0 radical (unpaired) electrons. The van der Waals surface area contributed by atoms with Gasteiger partial charge in [-0.25, -0.2) is 9.59 Å². The van der Waals surface area contributed by atoms with Crippen LogP contribution >= 0.6 is 11.6 Å². The van der Waals surface area contributed by atoms with Gasteiger partial charge < -0.3 is 20.4 Å². The number of carboxylic acid groups (broad SMARTS) is 1. The maximum atomic E-state index is 12.8. The molecular formula is C24H35ClN2O4. The lowest BCUT2D eigenvalue weighted by Gasteiger charge is -2.42. The number of aliphatic carboxylic acids is 1. The second-order valence-corrected chi connectivity index (χ2v) is 10.4. The predicted octanol–water partition coefficient (Wildman–Crippen LogP) is 4.93. The van der Waals surface area contributed by atoms with E-state index in [-0.39, 0.29) is 30.3 Å². The summed E-state index contributed by atoms with van der Waals surface area (Å²) >= 11 is 6.62. The number of urea groups is 1. The van der Waals surface area contributed by atoms with Gasteiger partial charge in [-0.2, -0.15) is 0 Å². The Hall–Kier alpha value is -2.05. The fourth-order valence-electron chi connectivity index (χ4n) is 3.80. The van der Waals surface area contributed by atoms with Crippen LogP contribution in [0.15, 0.2) is 30.0 Å². The van der Waals surface area contributed by atoms with Crippen LogP contribution in [0, 0.1) is 11.3 Å². The highest BCUT2D eigenvalue weighted by Gasteiger charge is 2.40. The summed E-state index contributed by atoms with van der Waals surface area (Å²) in [6.07, 6.45) is 2.14. The van der Waals surface area contributed by atoms with Gasteiger partial charge in [-0.1, -0.05) is 58.4 Å². The molecule has 6 nitrogen and oxygen atoms in total. The van der Waals surface area contributed by atoms with Gasteiger partial charge in [-0.05, 0) is 53.9 Å². The molecule has 1 aliphatic heterocycles. The molecule has 0 bridgehead atoms. The molecule has 0 fully saturated rings. The minimum atomic E-state index is -1.50. The predicted molar refractivity (Wildman–Crippen MR) is 123 cm³/mol. The van der Waals surface area contributed by atoms with E-state index in [2.05, 4.69) is 26.1 Å². The van der Waals surface area contributed by atoms with E-state index in [4.69, 9.17) is 16.7 Å². The Bertz CT molecular complexity index is 860.